The molecule has 0 fully saturated rings. The van der Waals surface area contributed by atoms with E-state index in [2.05, 4.69) is 9.69 Å². The number of ether oxygens (including phenoxy) is 1. The fourth-order valence-electron chi connectivity index (χ4n) is 1.91. The molecule has 0 radical (unpaired) electrons. The van der Waals surface area contributed by atoms with E-state index in [1.54, 1.807) is 6.92 Å². The van der Waals surface area contributed by atoms with E-state index in [1.807, 2.05) is 31.2 Å². The van der Waals surface area contributed by atoms with E-state index < -0.39 is 0 Å². The number of carbonyl (C=O) groups is 1. The molecule has 112 valence electrons. The number of esters is 1. The van der Waals surface area contributed by atoms with Crippen molar-refractivity contribution in [1.82, 2.24) is 4.37 Å². The molecular formula is C15H17ClN2O2S. The molecule has 0 bridgehead atoms. The van der Waals surface area contributed by atoms with Gasteiger partial charge in [-0.1, -0.05) is 23.7 Å². The fourth-order valence-corrected chi connectivity index (χ4v) is 2.84. The lowest BCUT2D eigenvalue weighted by Crippen LogP contribution is -2.10. The van der Waals surface area contributed by atoms with E-state index in [9.17, 15) is 4.79 Å². The smallest absolute Gasteiger partial charge is 0.343 e. The van der Waals surface area contributed by atoms with Crippen molar-refractivity contribution in [3.05, 3.63) is 46.1 Å². The maximum Gasteiger partial charge on any atom is 0.343 e. The summed E-state index contributed by atoms with van der Waals surface area (Å²) in [4.78, 5) is 11.9. The van der Waals surface area contributed by atoms with Gasteiger partial charge in [-0.25, -0.2) is 4.79 Å². The summed E-state index contributed by atoms with van der Waals surface area (Å²) in [5, 5.41) is 4.75. The van der Waals surface area contributed by atoms with Gasteiger partial charge in [0.1, 0.15) is 10.6 Å². The molecule has 0 amide bonds. The maximum atomic E-state index is 11.9. The molecule has 1 aromatic carbocycles. The van der Waals surface area contributed by atoms with Gasteiger partial charge in [0.2, 0.25) is 0 Å². The highest BCUT2D eigenvalue weighted by Gasteiger charge is 2.19. The molecule has 0 saturated carbocycles. The van der Waals surface area contributed by atoms with Gasteiger partial charge in [-0.15, -0.1) is 0 Å². The summed E-state index contributed by atoms with van der Waals surface area (Å²) in [6.45, 7) is 4.68. The van der Waals surface area contributed by atoms with Crippen LogP contribution in [0.25, 0.3) is 0 Å². The number of carbonyl (C=O) groups excluding carboxylic acids is 1. The first-order valence-electron chi connectivity index (χ1n) is 6.73. The van der Waals surface area contributed by atoms with Gasteiger partial charge in [0.15, 0.2) is 0 Å². The third-order valence-electron chi connectivity index (χ3n) is 2.95. The van der Waals surface area contributed by atoms with Gasteiger partial charge in [0.25, 0.3) is 0 Å². The van der Waals surface area contributed by atoms with Gasteiger partial charge < -0.3 is 10.1 Å². The largest absolute Gasteiger partial charge is 0.462 e. The van der Waals surface area contributed by atoms with Gasteiger partial charge in [0.05, 0.1) is 12.3 Å². The Hall–Kier alpha value is -1.59. The summed E-state index contributed by atoms with van der Waals surface area (Å²) < 4.78 is 9.28. The van der Waals surface area contributed by atoms with Gasteiger partial charge in [-0.3, -0.25) is 0 Å². The van der Waals surface area contributed by atoms with Crippen molar-refractivity contribution >= 4 is 34.1 Å². The third-order valence-corrected chi connectivity index (χ3v) is 4.10. The Balaban J connectivity index is 1.97. The molecule has 0 aliphatic carbocycles. The number of rotatable bonds is 6. The minimum Gasteiger partial charge on any atom is -0.462 e. The number of halogens is 1. The topological polar surface area (TPSA) is 51.2 Å². The molecule has 0 aliphatic rings. The highest BCUT2D eigenvalue weighted by atomic mass is 35.5. The number of aryl methyl sites for hydroxylation is 1. The SMILES string of the molecule is CCOC(=O)c1c(C)nsc1NCCc1ccc(Cl)cc1. The van der Waals surface area contributed by atoms with Crippen molar-refractivity contribution in [2.45, 2.75) is 20.3 Å². The van der Waals surface area contributed by atoms with Crippen LogP contribution < -0.4 is 5.32 Å². The average Bonchev–Trinajstić information content (AvgIpc) is 2.82. The van der Waals surface area contributed by atoms with Crippen molar-refractivity contribution < 1.29 is 9.53 Å². The van der Waals surface area contributed by atoms with Gasteiger partial charge in [-0.2, -0.15) is 4.37 Å². The standard InChI is InChI=1S/C15H17ClN2O2S/c1-3-20-15(19)13-10(2)18-21-14(13)17-9-8-11-4-6-12(16)7-5-11/h4-7,17H,3,8-9H2,1-2H3. The number of hydrogen-bond donors (Lipinski definition) is 1. The van der Waals surface area contributed by atoms with Crippen LogP contribution in [-0.2, 0) is 11.2 Å². The first-order chi connectivity index (χ1) is 10.1. The van der Waals surface area contributed by atoms with Crippen molar-refractivity contribution in [2.75, 3.05) is 18.5 Å². The highest BCUT2D eigenvalue weighted by Crippen LogP contribution is 2.25. The second kappa shape index (κ2) is 7.43. The Bertz CT molecular complexity index is 611. The monoisotopic (exact) mass is 324 g/mol. The average molecular weight is 325 g/mol. The summed E-state index contributed by atoms with van der Waals surface area (Å²) in [5.41, 5.74) is 2.43. The summed E-state index contributed by atoms with van der Waals surface area (Å²) in [6, 6.07) is 7.73. The molecule has 0 spiro atoms. The number of benzene rings is 1. The maximum absolute atomic E-state index is 11.9. The molecule has 1 aromatic heterocycles. The van der Waals surface area contributed by atoms with E-state index in [-0.39, 0.29) is 5.97 Å². The number of hydrogen-bond acceptors (Lipinski definition) is 5. The lowest BCUT2D eigenvalue weighted by Gasteiger charge is -2.07. The first-order valence-corrected chi connectivity index (χ1v) is 7.88. The Kier molecular flexibility index (Phi) is 5.59. The van der Waals surface area contributed by atoms with Crippen LogP contribution in [0, 0.1) is 6.92 Å². The van der Waals surface area contributed by atoms with Crippen LogP contribution in [0.15, 0.2) is 24.3 Å². The predicted octanol–water partition coefficient (Wildman–Crippen LogP) is 3.94. The lowest BCUT2D eigenvalue weighted by molar-refractivity contribution is 0.0527. The molecule has 1 heterocycles. The van der Waals surface area contributed by atoms with Crippen LogP contribution in [-0.4, -0.2) is 23.5 Å². The Labute approximate surface area is 133 Å². The van der Waals surface area contributed by atoms with Crippen LogP contribution in [0.5, 0.6) is 0 Å². The van der Waals surface area contributed by atoms with Crippen molar-refractivity contribution in [1.29, 1.82) is 0 Å². The molecule has 2 rings (SSSR count). The molecule has 4 nitrogen and oxygen atoms in total. The number of nitrogens with zero attached hydrogens (tertiary/aromatic N) is 1. The third kappa shape index (κ3) is 4.19. The fraction of sp³-hybridized carbons (Fsp3) is 0.333. The Morgan fingerprint density at radius 1 is 1.38 bits per heavy atom. The Morgan fingerprint density at radius 3 is 2.76 bits per heavy atom. The van der Waals surface area contributed by atoms with E-state index in [4.69, 9.17) is 16.3 Å². The number of nitrogens with one attached hydrogen (secondary N) is 1. The van der Waals surface area contributed by atoms with Crippen LogP contribution in [0.1, 0.15) is 28.5 Å². The van der Waals surface area contributed by atoms with Gasteiger partial charge in [0, 0.05) is 11.6 Å². The normalized spacial score (nSPS) is 10.4. The zero-order valence-electron chi connectivity index (χ0n) is 12.0. The minimum absolute atomic E-state index is 0.322. The molecule has 21 heavy (non-hydrogen) atoms. The van der Waals surface area contributed by atoms with Gasteiger partial charge in [-0.05, 0) is 49.5 Å². The molecule has 6 heteroatoms. The van der Waals surface area contributed by atoms with Crippen molar-refractivity contribution in [3.8, 4) is 0 Å². The lowest BCUT2D eigenvalue weighted by atomic mass is 10.1. The number of aromatic nitrogens is 1. The molecule has 0 atom stereocenters. The summed E-state index contributed by atoms with van der Waals surface area (Å²) >= 11 is 7.14. The first kappa shape index (κ1) is 15.8. The highest BCUT2D eigenvalue weighted by molar-refractivity contribution is 7.10. The van der Waals surface area contributed by atoms with Gasteiger partial charge >= 0.3 is 5.97 Å². The summed E-state index contributed by atoms with van der Waals surface area (Å²) in [7, 11) is 0. The van der Waals surface area contributed by atoms with Crippen LogP contribution in [0.3, 0.4) is 0 Å². The van der Waals surface area contributed by atoms with E-state index in [1.165, 1.54) is 17.1 Å². The number of anilines is 1. The van der Waals surface area contributed by atoms with Crippen LogP contribution >= 0.6 is 23.1 Å². The summed E-state index contributed by atoms with van der Waals surface area (Å²) in [5.74, 6) is -0.322. The van der Waals surface area contributed by atoms with E-state index >= 15 is 0 Å². The molecule has 0 unspecified atom stereocenters. The zero-order chi connectivity index (χ0) is 15.2. The predicted molar refractivity (Wildman–Crippen MR) is 86.5 cm³/mol. The molecule has 0 saturated heterocycles. The second-order valence-electron chi connectivity index (χ2n) is 4.50. The molecular weight excluding hydrogens is 308 g/mol. The van der Waals surface area contributed by atoms with E-state index in [0.717, 1.165) is 23.0 Å². The van der Waals surface area contributed by atoms with Crippen molar-refractivity contribution in [3.63, 3.8) is 0 Å². The summed E-state index contributed by atoms with van der Waals surface area (Å²) in [6.07, 6.45) is 0.844. The second-order valence-corrected chi connectivity index (χ2v) is 5.71. The quantitative estimate of drug-likeness (QED) is 0.818. The molecule has 1 N–H and O–H groups in total. The van der Waals surface area contributed by atoms with Crippen LogP contribution in [0.2, 0.25) is 5.02 Å². The zero-order valence-corrected chi connectivity index (χ0v) is 13.6. The molecule has 2 aromatic rings. The Morgan fingerprint density at radius 2 is 2.10 bits per heavy atom. The minimum atomic E-state index is -0.322. The van der Waals surface area contributed by atoms with E-state index in [0.29, 0.717) is 17.9 Å². The van der Waals surface area contributed by atoms with Crippen LogP contribution in [0.4, 0.5) is 5.00 Å². The molecule has 0 aliphatic heterocycles. The van der Waals surface area contributed by atoms with Crippen molar-refractivity contribution in [2.24, 2.45) is 0 Å².